The maximum atomic E-state index is 13.6. The lowest BCUT2D eigenvalue weighted by Gasteiger charge is -2.19. The van der Waals surface area contributed by atoms with Crippen molar-refractivity contribution in [1.29, 1.82) is 5.26 Å². The standard InChI is InChI=1S/C27H20BrCl2N3O2S/c28-19-6-9-21(10-7-19)33-26(35)24(15-18-14-20(29)8-11-23(18)30)36-27(33)22(16-31)25(34)32-13-12-17-4-2-1-3-5-17/h1-11,14,24H,12-13,15H2,(H,32,34). The monoisotopic (exact) mass is 599 g/mol. The lowest BCUT2D eigenvalue weighted by Crippen LogP contribution is -2.32. The molecule has 36 heavy (non-hydrogen) atoms. The fraction of sp³-hybridized carbons (Fsp3) is 0.148. The van der Waals surface area contributed by atoms with Crippen LogP contribution in [0.4, 0.5) is 5.69 Å². The molecule has 0 bridgehead atoms. The minimum Gasteiger partial charge on any atom is -0.351 e. The van der Waals surface area contributed by atoms with Crippen LogP contribution in [0.5, 0.6) is 0 Å². The molecule has 2 amide bonds. The van der Waals surface area contributed by atoms with Gasteiger partial charge in [0.15, 0.2) is 0 Å². The highest BCUT2D eigenvalue weighted by atomic mass is 79.9. The van der Waals surface area contributed by atoms with Crippen molar-refractivity contribution >= 4 is 68.4 Å². The Kier molecular flexibility index (Phi) is 8.76. The van der Waals surface area contributed by atoms with Crippen molar-refractivity contribution in [3.8, 4) is 6.07 Å². The molecule has 0 saturated carbocycles. The summed E-state index contributed by atoms with van der Waals surface area (Å²) in [7, 11) is 0. The van der Waals surface area contributed by atoms with Crippen LogP contribution in [0.3, 0.4) is 0 Å². The van der Waals surface area contributed by atoms with E-state index in [1.165, 1.54) is 16.7 Å². The van der Waals surface area contributed by atoms with Crippen molar-refractivity contribution < 1.29 is 9.59 Å². The second kappa shape index (κ2) is 12.0. The maximum Gasteiger partial charge on any atom is 0.264 e. The van der Waals surface area contributed by atoms with Crippen molar-refractivity contribution in [2.75, 3.05) is 11.4 Å². The van der Waals surface area contributed by atoms with Crippen LogP contribution >= 0.6 is 50.9 Å². The van der Waals surface area contributed by atoms with Crippen LogP contribution in [-0.2, 0) is 22.4 Å². The van der Waals surface area contributed by atoms with Crippen molar-refractivity contribution in [2.45, 2.75) is 18.1 Å². The van der Waals surface area contributed by atoms with Crippen LogP contribution in [0.25, 0.3) is 0 Å². The van der Waals surface area contributed by atoms with Gasteiger partial charge >= 0.3 is 0 Å². The number of hydrogen-bond acceptors (Lipinski definition) is 4. The van der Waals surface area contributed by atoms with E-state index < -0.39 is 11.2 Å². The molecular weight excluding hydrogens is 581 g/mol. The summed E-state index contributed by atoms with van der Waals surface area (Å²) in [5.74, 6) is -0.759. The lowest BCUT2D eigenvalue weighted by molar-refractivity contribution is -0.117. The molecule has 0 spiro atoms. The zero-order chi connectivity index (χ0) is 25.7. The Morgan fingerprint density at radius 2 is 1.81 bits per heavy atom. The summed E-state index contributed by atoms with van der Waals surface area (Å²) in [4.78, 5) is 28.1. The number of rotatable bonds is 7. The summed E-state index contributed by atoms with van der Waals surface area (Å²) in [6.07, 6.45) is 0.923. The molecule has 1 atom stereocenters. The molecule has 4 rings (SSSR count). The second-order valence-corrected chi connectivity index (χ2v) is 10.9. The summed E-state index contributed by atoms with van der Waals surface area (Å²) in [5, 5.41) is 13.5. The first kappa shape index (κ1) is 26.3. The van der Waals surface area contributed by atoms with Crippen LogP contribution in [-0.4, -0.2) is 23.6 Å². The first-order valence-corrected chi connectivity index (χ1v) is 13.5. The topological polar surface area (TPSA) is 73.2 Å². The fourth-order valence-corrected chi connectivity index (χ4v) is 5.71. The van der Waals surface area contributed by atoms with Gasteiger partial charge in [-0.05, 0) is 66.4 Å². The first-order chi connectivity index (χ1) is 17.4. The van der Waals surface area contributed by atoms with E-state index in [1.807, 2.05) is 36.4 Å². The predicted octanol–water partition coefficient (Wildman–Crippen LogP) is 6.54. The van der Waals surface area contributed by atoms with Gasteiger partial charge in [-0.15, -0.1) is 0 Å². The van der Waals surface area contributed by atoms with Crippen LogP contribution in [0, 0.1) is 11.3 Å². The number of nitriles is 1. The van der Waals surface area contributed by atoms with Gasteiger partial charge in [0.05, 0.1) is 5.25 Å². The van der Waals surface area contributed by atoms with E-state index in [4.69, 9.17) is 23.2 Å². The third-order valence-corrected chi connectivity index (χ3v) is 7.94. The predicted molar refractivity (Wildman–Crippen MR) is 149 cm³/mol. The first-order valence-electron chi connectivity index (χ1n) is 11.0. The average molecular weight is 601 g/mol. The summed E-state index contributed by atoms with van der Waals surface area (Å²) < 4.78 is 0.845. The molecule has 1 unspecified atom stereocenters. The zero-order valence-electron chi connectivity index (χ0n) is 18.9. The summed E-state index contributed by atoms with van der Waals surface area (Å²) >= 11 is 17.1. The smallest absolute Gasteiger partial charge is 0.264 e. The number of nitrogens with one attached hydrogen (secondary N) is 1. The molecule has 182 valence electrons. The number of nitrogens with zero attached hydrogens (tertiary/aromatic N) is 2. The minimum absolute atomic E-state index is 0.107. The lowest BCUT2D eigenvalue weighted by atomic mass is 10.1. The molecule has 1 heterocycles. The van der Waals surface area contributed by atoms with Crippen LogP contribution in [0.1, 0.15) is 11.1 Å². The molecule has 0 aromatic heterocycles. The Balaban J connectivity index is 1.64. The average Bonchev–Trinajstić information content (AvgIpc) is 3.18. The van der Waals surface area contributed by atoms with Crippen molar-refractivity contribution in [3.05, 3.63) is 109 Å². The van der Waals surface area contributed by atoms with Gasteiger partial charge in [0, 0.05) is 26.8 Å². The molecular formula is C27H20BrCl2N3O2S. The largest absolute Gasteiger partial charge is 0.351 e. The summed E-state index contributed by atoms with van der Waals surface area (Å²) in [6.45, 7) is 0.361. The van der Waals surface area contributed by atoms with Gasteiger partial charge in [0.1, 0.15) is 16.7 Å². The summed E-state index contributed by atoms with van der Waals surface area (Å²) in [6, 6.07) is 24.0. The highest BCUT2D eigenvalue weighted by Gasteiger charge is 2.41. The maximum absolute atomic E-state index is 13.6. The number of thioether (sulfide) groups is 1. The van der Waals surface area contributed by atoms with E-state index >= 15 is 0 Å². The van der Waals surface area contributed by atoms with Crippen LogP contribution in [0.15, 0.2) is 87.9 Å². The Labute approximate surface area is 232 Å². The Morgan fingerprint density at radius 3 is 2.50 bits per heavy atom. The van der Waals surface area contributed by atoms with E-state index in [2.05, 4.69) is 21.2 Å². The highest BCUT2D eigenvalue weighted by Crippen LogP contribution is 2.42. The van der Waals surface area contributed by atoms with Crippen molar-refractivity contribution in [1.82, 2.24) is 5.32 Å². The van der Waals surface area contributed by atoms with E-state index in [1.54, 1.807) is 42.5 Å². The SMILES string of the molecule is N#CC(C(=O)NCCc1ccccc1)=C1SC(Cc2cc(Cl)ccc2Cl)C(=O)N1c1ccc(Br)cc1. The number of hydrogen-bond donors (Lipinski definition) is 1. The number of amides is 2. The second-order valence-electron chi connectivity index (χ2n) is 7.98. The molecule has 1 aliphatic rings. The fourth-order valence-electron chi connectivity index (χ4n) is 3.76. The third-order valence-electron chi connectivity index (χ3n) is 5.55. The van der Waals surface area contributed by atoms with E-state index in [0.717, 1.165) is 15.6 Å². The number of halogens is 3. The number of carbonyl (C=O) groups excluding carboxylic acids is 2. The zero-order valence-corrected chi connectivity index (χ0v) is 22.8. The van der Waals surface area contributed by atoms with Crippen LogP contribution in [0.2, 0.25) is 10.0 Å². The number of benzene rings is 3. The molecule has 0 aliphatic carbocycles. The third kappa shape index (κ3) is 6.13. The molecule has 0 radical (unpaired) electrons. The van der Waals surface area contributed by atoms with Gasteiger partial charge < -0.3 is 5.32 Å². The van der Waals surface area contributed by atoms with E-state index in [-0.39, 0.29) is 11.5 Å². The van der Waals surface area contributed by atoms with Gasteiger partial charge in [-0.25, -0.2) is 0 Å². The molecule has 3 aromatic carbocycles. The quantitative estimate of drug-likeness (QED) is 0.247. The Morgan fingerprint density at radius 1 is 1.08 bits per heavy atom. The van der Waals surface area contributed by atoms with Crippen molar-refractivity contribution in [3.63, 3.8) is 0 Å². The van der Waals surface area contributed by atoms with Gasteiger partial charge in [0.2, 0.25) is 5.91 Å². The van der Waals surface area contributed by atoms with E-state index in [9.17, 15) is 14.9 Å². The van der Waals surface area contributed by atoms with Gasteiger partial charge in [-0.3, -0.25) is 14.5 Å². The molecule has 3 aromatic rings. The molecule has 1 N–H and O–H groups in total. The Bertz CT molecular complexity index is 1360. The van der Waals surface area contributed by atoms with Gasteiger partial charge in [0.25, 0.3) is 5.91 Å². The number of anilines is 1. The molecule has 1 saturated heterocycles. The minimum atomic E-state index is -0.583. The van der Waals surface area contributed by atoms with Gasteiger partial charge in [-0.1, -0.05) is 81.2 Å². The normalized spacial score (nSPS) is 16.6. The molecule has 1 aliphatic heterocycles. The highest BCUT2D eigenvalue weighted by molar-refractivity contribution is 9.10. The molecule has 1 fully saturated rings. The number of carbonyl (C=O) groups is 2. The Hall–Kier alpha value is -2.76. The molecule has 5 nitrogen and oxygen atoms in total. The van der Waals surface area contributed by atoms with Gasteiger partial charge in [-0.2, -0.15) is 5.26 Å². The van der Waals surface area contributed by atoms with E-state index in [0.29, 0.717) is 40.1 Å². The van der Waals surface area contributed by atoms with Crippen molar-refractivity contribution in [2.24, 2.45) is 0 Å². The van der Waals surface area contributed by atoms with Crippen LogP contribution < -0.4 is 10.2 Å². The summed E-state index contributed by atoms with van der Waals surface area (Å²) in [5.41, 5.74) is 2.25. The molecule has 9 heteroatoms.